The molecule has 0 saturated carbocycles. The van der Waals surface area contributed by atoms with Crippen molar-refractivity contribution in [3.63, 3.8) is 0 Å². The van der Waals surface area contributed by atoms with Gasteiger partial charge in [0, 0.05) is 13.0 Å². The second-order valence-electron chi connectivity index (χ2n) is 5.95. The monoisotopic (exact) mass is 345 g/mol. The first-order valence-electron chi connectivity index (χ1n) is 8.18. The third-order valence-corrected chi connectivity index (χ3v) is 4.08. The number of aromatic nitrogens is 2. The molecule has 1 aliphatic rings. The lowest BCUT2D eigenvalue weighted by molar-refractivity contribution is -0.146. The number of benzene rings is 1. The Kier molecular flexibility index (Phi) is 5.23. The van der Waals surface area contributed by atoms with Gasteiger partial charge in [0.05, 0.1) is 12.7 Å². The van der Waals surface area contributed by atoms with Crippen LogP contribution in [0, 0.1) is 12.7 Å². The smallest absolute Gasteiger partial charge is 0.252 e. The molecule has 2 aromatic rings. The summed E-state index contributed by atoms with van der Waals surface area (Å²) in [6.07, 6.45) is 3.57. The van der Waals surface area contributed by atoms with Crippen molar-refractivity contribution in [2.75, 3.05) is 13.2 Å². The Morgan fingerprint density at radius 3 is 2.84 bits per heavy atom. The molecule has 2 heterocycles. The Morgan fingerprint density at radius 2 is 2.16 bits per heavy atom. The van der Waals surface area contributed by atoms with Gasteiger partial charge >= 0.3 is 0 Å². The zero-order chi connectivity index (χ0) is 17.8. The fourth-order valence-corrected chi connectivity index (χ4v) is 2.85. The molecule has 1 saturated heterocycles. The first-order chi connectivity index (χ1) is 12.0. The molecule has 25 heavy (non-hydrogen) atoms. The van der Waals surface area contributed by atoms with E-state index < -0.39 is 0 Å². The Balaban J connectivity index is 1.69. The Morgan fingerprint density at radius 1 is 1.40 bits per heavy atom. The molecule has 0 spiro atoms. The molecule has 0 aliphatic carbocycles. The highest BCUT2D eigenvalue weighted by atomic mass is 19.1. The van der Waals surface area contributed by atoms with Gasteiger partial charge in [-0.25, -0.2) is 4.39 Å². The van der Waals surface area contributed by atoms with E-state index in [1.165, 1.54) is 12.1 Å². The standard InChI is InChI=1S/C18H20FN3O3/c1-12-17(18-20-13(2)21-25-18)22(10-11-24-12)16(23)5-3-4-14-6-8-15(19)9-7-14/h3-4,6-9,12,17H,5,10-11H2,1-2H3/b4-3+/t12-,17+/m1/s1. The Hall–Kier alpha value is -2.54. The molecule has 3 rings (SSSR count). The number of aryl methyl sites for hydroxylation is 1. The van der Waals surface area contributed by atoms with Gasteiger partial charge in [-0.1, -0.05) is 29.4 Å². The van der Waals surface area contributed by atoms with Crippen LogP contribution in [0.4, 0.5) is 4.39 Å². The summed E-state index contributed by atoms with van der Waals surface area (Å²) in [4.78, 5) is 18.6. The molecule has 0 radical (unpaired) electrons. The average Bonchev–Trinajstić information content (AvgIpc) is 3.02. The second-order valence-corrected chi connectivity index (χ2v) is 5.95. The van der Waals surface area contributed by atoms with Crippen molar-refractivity contribution in [3.05, 3.63) is 53.4 Å². The molecule has 1 fully saturated rings. The van der Waals surface area contributed by atoms with Crippen LogP contribution in [0.2, 0.25) is 0 Å². The summed E-state index contributed by atoms with van der Waals surface area (Å²) < 4.78 is 23.8. The molecule has 1 aromatic heterocycles. The third kappa shape index (κ3) is 4.11. The molecule has 0 N–H and O–H groups in total. The first kappa shape index (κ1) is 17.3. The van der Waals surface area contributed by atoms with Crippen LogP contribution in [0.25, 0.3) is 6.08 Å². The van der Waals surface area contributed by atoms with E-state index in [2.05, 4.69) is 10.1 Å². The summed E-state index contributed by atoms with van der Waals surface area (Å²) in [5, 5.41) is 3.80. The number of morpholine rings is 1. The lowest BCUT2D eigenvalue weighted by Crippen LogP contribution is -2.47. The van der Waals surface area contributed by atoms with Gasteiger partial charge in [-0.15, -0.1) is 0 Å². The number of rotatable bonds is 4. The van der Waals surface area contributed by atoms with Crippen LogP contribution in [-0.4, -0.2) is 40.2 Å². The van der Waals surface area contributed by atoms with E-state index in [9.17, 15) is 9.18 Å². The van der Waals surface area contributed by atoms with E-state index in [1.807, 2.05) is 6.92 Å². The van der Waals surface area contributed by atoms with E-state index in [4.69, 9.17) is 9.26 Å². The molecule has 6 nitrogen and oxygen atoms in total. The molecule has 132 valence electrons. The largest absolute Gasteiger partial charge is 0.374 e. The van der Waals surface area contributed by atoms with E-state index in [-0.39, 0.29) is 30.3 Å². The molecule has 2 atom stereocenters. The molecule has 7 heteroatoms. The van der Waals surface area contributed by atoms with Gasteiger partial charge in [-0.05, 0) is 31.5 Å². The lowest BCUT2D eigenvalue weighted by atomic mass is 10.1. The van der Waals surface area contributed by atoms with Gasteiger partial charge in [0.25, 0.3) is 5.89 Å². The van der Waals surface area contributed by atoms with Crippen molar-refractivity contribution >= 4 is 12.0 Å². The maximum Gasteiger partial charge on any atom is 0.252 e. The quantitative estimate of drug-likeness (QED) is 0.852. The summed E-state index contributed by atoms with van der Waals surface area (Å²) in [6.45, 7) is 4.56. The van der Waals surface area contributed by atoms with Crippen molar-refractivity contribution in [3.8, 4) is 0 Å². The number of nitrogens with zero attached hydrogens (tertiary/aromatic N) is 3. The van der Waals surface area contributed by atoms with E-state index in [1.54, 1.807) is 36.1 Å². The summed E-state index contributed by atoms with van der Waals surface area (Å²) in [5.74, 6) is 0.583. The van der Waals surface area contributed by atoms with Crippen molar-refractivity contribution in [2.24, 2.45) is 0 Å². The number of amides is 1. The minimum absolute atomic E-state index is 0.0469. The van der Waals surface area contributed by atoms with Crippen molar-refractivity contribution in [1.82, 2.24) is 15.0 Å². The first-order valence-corrected chi connectivity index (χ1v) is 8.18. The van der Waals surface area contributed by atoms with Crippen LogP contribution in [0.15, 0.2) is 34.9 Å². The highest BCUT2D eigenvalue weighted by Crippen LogP contribution is 2.29. The minimum atomic E-state index is -0.387. The maximum absolute atomic E-state index is 12.9. The predicted molar refractivity (Wildman–Crippen MR) is 89.0 cm³/mol. The van der Waals surface area contributed by atoms with Crippen LogP contribution < -0.4 is 0 Å². The van der Waals surface area contributed by atoms with Crippen molar-refractivity contribution in [2.45, 2.75) is 32.4 Å². The topological polar surface area (TPSA) is 68.5 Å². The summed E-state index contributed by atoms with van der Waals surface area (Å²) in [7, 11) is 0. The zero-order valence-corrected chi connectivity index (χ0v) is 14.2. The summed E-state index contributed by atoms with van der Waals surface area (Å²) in [6, 6.07) is 5.72. The summed E-state index contributed by atoms with van der Waals surface area (Å²) in [5.41, 5.74) is 0.841. The molecule has 0 unspecified atom stereocenters. The van der Waals surface area contributed by atoms with E-state index in [0.717, 1.165) is 5.56 Å². The summed E-state index contributed by atoms with van der Waals surface area (Å²) >= 11 is 0. The van der Waals surface area contributed by atoms with Crippen LogP contribution in [-0.2, 0) is 9.53 Å². The molecule has 0 bridgehead atoms. The SMILES string of the molecule is Cc1noc([C@@H]2[C@@H](C)OCCN2C(=O)C/C=C/c2ccc(F)cc2)n1. The van der Waals surface area contributed by atoms with Gasteiger partial charge in [-0.3, -0.25) is 4.79 Å². The molecule has 1 amide bonds. The molecular formula is C18H20FN3O3. The Labute approximate surface area is 145 Å². The number of hydrogen-bond donors (Lipinski definition) is 0. The maximum atomic E-state index is 12.9. The third-order valence-electron chi connectivity index (χ3n) is 4.08. The van der Waals surface area contributed by atoms with Gasteiger partial charge < -0.3 is 14.2 Å². The fourth-order valence-electron chi connectivity index (χ4n) is 2.85. The van der Waals surface area contributed by atoms with Crippen LogP contribution >= 0.6 is 0 Å². The van der Waals surface area contributed by atoms with Gasteiger partial charge in [0.1, 0.15) is 11.9 Å². The van der Waals surface area contributed by atoms with Crippen LogP contribution in [0.5, 0.6) is 0 Å². The van der Waals surface area contributed by atoms with Crippen molar-refractivity contribution in [1.29, 1.82) is 0 Å². The molecule has 1 aromatic carbocycles. The number of carbonyl (C=O) groups excluding carboxylic acids is 1. The van der Waals surface area contributed by atoms with Gasteiger partial charge in [0.15, 0.2) is 5.82 Å². The molecular weight excluding hydrogens is 325 g/mol. The Bertz CT molecular complexity index is 757. The number of carbonyl (C=O) groups is 1. The number of hydrogen-bond acceptors (Lipinski definition) is 5. The van der Waals surface area contributed by atoms with Crippen molar-refractivity contribution < 1.29 is 18.4 Å². The van der Waals surface area contributed by atoms with Gasteiger partial charge in [-0.2, -0.15) is 4.98 Å². The van der Waals surface area contributed by atoms with E-state index in [0.29, 0.717) is 24.9 Å². The lowest BCUT2D eigenvalue weighted by Gasteiger charge is -2.37. The highest BCUT2D eigenvalue weighted by molar-refractivity contribution is 5.79. The fraction of sp³-hybridized carbons (Fsp3) is 0.389. The zero-order valence-electron chi connectivity index (χ0n) is 14.2. The normalized spacial score (nSPS) is 21.0. The highest BCUT2D eigenvalue weighted by Gasteiger charge is 2.37. The van der Waals surface area contributed by atoms with E-state index >= 15 is 0 Å². The van der Waals surface area contributed by atoms with Crippen LogP contribution in [0.1, 0.15) is 36.7 Å². The molecule has 1 aliphatic heterocycles. The second kappa shape index (κ2) is 7.57. The van der Waals surface area contributed by atoms with Crippen LogP contribution in [0.3, 0.4) is 0 Å². The number of ether oxygens (including phenoxy) is 1. The average molecular weight is 345 g/mol. The number of halogens is 1. The van der Waals surface area contributed by atoms with Gasteiger partial charge in [0.2, 0.25) is 5.91 Å². The minimum Gasteiger partial charge on any atom is -0.374 e. The predicted octanol–water partition coefficient (Wildman–Crippen LogP) is 2.91.